The van der Waals surface area contributed by atoms with E-state index in [0.29, 0.717) is 26.2 Å². The minimum atomic E-state index is 0.0318. The summed E-state index contributed by atoms with van der Waals surface area (Å²) in [5.74, 6) is 0.902. The lowest BCUT2D eigenvalue weighted by Gasteiger charge is -2.19. The van der Waals surface area contributed by atoms with Crippen LogP contribution in [0.1, 0.15) is 24.5 Å². The molecule has 0 fully saturated rings. The molecule has 1 aliphatic heterocycles. The summed E-state index contributed by atoms with van der Waals surface area (Å²) >= 11 is 0. The summed E-state index contributed by atoms with van der Waals surface area (Å²) in [6.45, 7) is 4.34. The van der Waals surface area contributed by atoms with Crippen LogP contribution < -0.4 is 4.74 Å². The number of amides is 1. The minimum Gasteiger partial charge on any atom is -0.494 e. The molecule has 0 radical (unpaired) electrons. The van der Waals surface area contributed by atoms with Crippen LogP contribution in [0.4, 0.5) is 0 Å². The number of hydrogen-bond donors (Lipinski definition) is 0. The van der Waals surface area contributed by atoms with Gasteiger partial charge in [-0.05, 0) is 37.2 Å². The number of rotatable bonds is 7. The minimum absolute atomic E-state index is 0.0318. The van der Waals surface area contributed by atoms with Crippen LogP contribution in [0.2, 0.25) is 0 Å². The fourth-order valence-corrected chi connectivity index (χ4v) is 3.01. The molecule has 1 heterocycles. The molecule has 0 saturated heterocycles. The zero-order chi connectivity index (χ0) is 18.4. The van der Waals surface area contributed by atoms with Gasteiger partial charge in [-0.25, -0.2) is 5.01 Å². The van der Waals surface area contributed by atoms with Crippen LogP contribution >= 0.6 is 0 Å². The molecule has 136 valence electrons. The molecule has 0 bridgehead atoms. The molecule has 0 N–H and O–H groups in total. The van der Waals surface area contributed by atoms with Crippen LogP contribution in [0.5, 0.6) is 5.75 Å². The van der Waals surface area contributed by atoms with Crippen molar-refractivity contribution in [1.82, 2.24) is 9.91 Å². The van der Waals surface area contributed by atoms with Gasteiger partial charge in [0.2, 0.25) is 0 Å². The Morgan fingerprint density at radius 3 is 2.58 bits per heavy atom. The second-order valence-electron chi connectivity index (χ2n) is 6.43. The van der Waals surface area contributed by atoms with Gasteiger partial charge in [0.15, 0.2) is 0 Å². The Bertz CT molecular complexity index is 757. The van der Waals surface area contributed by atoms with Crippen molar-refractivity contribution in [3.05, 3.63) is 65.7 Å². The monoisotopic (exact) mass is 351 g/mol. The lowest BCUT2D eigenvalue weighted by atomic mass is 10.1. The van der Waals surface area contributed by atoms with Crippen molar-refractivity contribution in [2.24, 2.45) is 5.10 Å². The molecule has 5 nitrogen and oxygen atoms in total. The zero-order valence-electron chi connectivity index (χ0n) is 15.4. The Kier molecular flexibility index (Phi) is 6.02. The first-order valence-electron chi connectivity index (χ1n) is 8.99. The van der Waals surface area contributed by atoms with Crippen molar-refractivity contribution in [2.75, 3.05) is 26.7 Å². The quantitative estimate of drug-likeness (QED) is 0.770. The Labute approximate surface area is 154 Å². The van der Waals surface area contributed by atoms with E-state index in [2.05, 4.69) is 5.10 Å². The van der Waals surface area contributed by atoms with Crippen LogP contribution in [-0.2, 0) is 11.3 Å². The third-order valence-corrected chi connectivity index (χ3v) is 4.29. The van der Waals surface area contributed by atoms with Gasteiger partial charge in [-0.1, -0.05) is 42.5 Å². The second-order valence-corrected chi connectivity index (χ2v) is 6.43. The lowest BCUT2D eigenvalue weighted by Crippen LogP contribution is -2.34. The molecular weight excluding hydrogens is 326 g/mol. The third kappa shape index (κ3) is 4.70. The van der Waals surface area contributed by atoms with Gasteiger partial charge in [0.05, 0.1) is 25.4 Å². The first kappa shape index (κ1) is 18.1. The molecule has 1 amide bonds. The van der Waals surface area contributed by atoms with Crippen LogP contribution in [-0.4, -0.2) is 48.3 Å². The van der Waals surface area contributed by atoms with Gasteiger partial charge in [0, 0.05) is 13.0 Å². The first-order chi connectivity index (χ1) is 12.7. The smallest absolute Gasteiger partial charge is 0.256 e. The number of nitrogens with zero attached hydrogens (tertiary/aromatic N) is 3. The number of hydrazone groups is 1. The number of benzene rings is 2. The van der Waals surface area contributed by atoms with E-state index in [4.69, 9.17) is 4.74 Å². The maximum absolute atomic E-state index is 12.5. The van der Waals surface area contributed by atoms with Gasteiger partial charge in [-0.15, -0.1) is 0 Å². The topological polar surface area (TPSA) is 45.1 Å². The molecular formula is C21H25N3O2. The van der Waals surface area contributed by atoms with E-state index in [1.54, 1.807) is 5.01 Å². The van der Waals surface area contributed by atoms with Crippen molar-refractivity contribution >= 4 is 11.6 Å². The first-order valence-corrected chi connectivity index (χ1v) is 8.99. The van der Waals surface area contributed by atoms with Crippen molar-refractivity contribution < 1.29 is 9.53 Å². The molecule has 0 aliphatic carbocycles. The average molecular weight is 351 g/mol. The number of hydrogen-bond acceptors (Lipinski definition) is 4. The van der Waals surface area contributed by atoms with Crippen LogP contribution in [0, 0.1) is 0 Å². The number of carbonyl (C=O) groups is 1. The molecule has 0 unspecified atom stereocenters. The summed E-state index contributed by atoms with van der Waals surface area (Å²) in [6.07, 6.45) is 0.804. The second kappa shape index (κ2) is 8.63. The van der Waals surface area contributed by atoms with Crippen LogP contribution in [0.15, 0.2) is 59.7 Å². The van der Waals surface area contributed by atoms with Crippen molar-refractivity contribution in [3.8, 4) is 5.75 Å². The molecule has 5 heteroatoms. The van der Waals surface area contributed by atoms with E-state index < -0.39 is 0 Å². The van der Waals surface area contributed by atoms with Gasteiger partial charge in [0.25, 0.3) is 5.91 Å². The van der Waals surface area contributed by atoms with Gasteiger partial charge < -0.3 is 4.74 Å². The molecule has 0 aromatic heterocycles. The lowest BCUT2D eigenvalue weighted by molar-refractivity contribution is -0.131. The maximum Gasteiger partial charge on any atom is 0.256 e. The Balaban J connectivity index is 1.53. The van der Waals surface area contributed by atoms with Crippen LogP contribution in [0.3, 0.4) is 0 Å². The standard InChI is InChI=1S/C21H25N3O2/c1-3-26-19-11-9-17(10-12-19)15-23(2)16-21(25)24-14-13-20(22-24)18-7-5-4-6-8-18/h4-12H,3,13-16H2,1-2H3. The summed E-state index contributed by atoms with van der Waals surface area (Å²) in [5.41, 5.74) is 3.22. The van der Waals surface area contributed by atoms with Crippen molar-refractivity contribution in [1.29, 1.82) is 0 Å². The SMILES string of the molecule is CCOc1ccc(CN(C)CC(=O)N2CCC(c3ccccc3)=N2)cc1. The van der Waals surface area contributed by atoms with E-state index in [1.807, 2.05) is 73.5 Å². The highest BCUT2D eigenvalue weighted by molar-refractivity contribution is 6.02. The highest BCUT2D eigenvalue weighted by Gasteiger charge is 2.22. The molecule has 1 aliphatic rings. The van der Waals surface area contributed by atoms with E-state index in [0.717, 1.165) is 29.0 Å². The molecule has 0 atom stereocenters. The largest absolute Gasteiger partial charge is 0.494 e. The maximum atomic E-state index is 12.5. The van der Waals surface area contributed by atoms with Gasteiger partial charge in [0.1, 0.15) is 5.75 Å². The van der Waals surface area contributed by atoms with Crippen molar-refractivity contribution in [3.63, 3.8) is 0 Å². The predicted octanol–water partition coefficient (Wildman–Crippen LogP) is 3.15. The Morgan fingerprint density at radius 1 is 1.15 bits per heavy atom. The summed E-state index contributed by atoms with van der Waals surface area (Å²) in [5, 5.41) is 6.10. The molecule has 0 saturated carbocycles. The van der Waals surface area contributed by atoms with E-state index in [1.165, 1.54) is 0 Å². The number of carbonyl (C=O) groups excluding carboxylic acids is 1. The molecule has 0 spiro atoms. The predicted molar refractivity (Wildman–Crippen MR) is 103 cm³/mol. The Morgan fingerprint density at radius 2 is 1.88 bits per heavy atom. The molecule has 3 rings (SSSR count). The van der Waals surface area contributed by atoms with Gasteiger partial charge >= 0.3 is 0 Å². The average Bonchev–Trinajstić information content (AvgIpc) is 3.15. The van der Waals surface area contributed by atoms with E-state index in [-0.39, 0.29) is 5.91 Å². The summed E-state index contributed by atoms with van der Waals surface area (Å²) in [7, 11) is 1.95. The van der Waals surface area contributed by atoms with Gasteiger partial charge in [-0.2, -0.15) is 5.10 Å². The summed E-state index contributed by atoms with van der Waals surface area (Å²) in [4.78, 5) is 14.5. The Hall–Kier alpha value is -2.66. The summed E-state index contributed by atoms with van der Waals surface area (Å²) in [6, 6.07) is 18.0. The normalized spacial score (nSPS) is 13.8. The van der Waals surface area contributed by atoms with Gasteiger partial charge in [-0.3, -0.25) is 9.69 Å². The highest BCUT2D eigenvalue weighted by atomic mass is 16.5. The van der Waals surface area contributed by atoms with E-state index in [9.17, 15) is 4.79 Å². The number of likely N-dealkylation sites (N-methyl/N-ethyl adjacent to an activating group) is 1. The zero-order valence-corrected chi connectivity index (χ0v) is 15.4. The molecule has 2 aromatic carbocycles. The van der Waals surface area contributed by atoms with Crippen molar-refractivity contribution in [2.45, 2.75) is 19.9 Å². The summed E-state index contributed by atoms with van der Waals surface area (Å²) < 4.78 is 5.46. The van der Waals surface area contributed by atoms with E-state index >= 15 is 0 Å². The number of ether oxygens (including phenoxy) is 1. The molecule has 26 heavy (non-hydrogen) atoms. The third-order valence-electron chi connectivity index (χ3n) is 4.29. The van der Waals surface area contributed by atoms with Crippen LogP contribution in [0.25, 0.3) is 0 Å². The fourth-order valence-electron chi connectivity index (χ4n) is 3.01. The fraction of sp³-hybridized carbons (Fsp3) is 0.333. The highest BCUT2D eigenvalue weighted by Crippen LogP contribution is 2.15. The molecule has 2 aromatic rings.